The lowest BCUT2D eigenvalue weighted by Crippen LogP contribution is -2.41. The third kappa shape index (κ3) is 6.39. The Labute approximate surface area is 201 Å². The Bertz CT molecular complexity index is 1210. The van der Waals surface area contributed by atoms with Crippen LogP contribution in [0.15, 0.2) is 76.5 Å². The predicted octanol–water partition coefficient (Wildman–Crippen LogP) is 5.02. The van der Waals surface area contributed by atoms with Gasteiger partial charge >= 0.3 is 0 Å². The number of hydrogen-bond acceptors (Lipinski definition) is 4. The van der Waals surface area contributed by atoms with Crippen LogP contribution in [0.3, 0.4) is 0 Å². The molecule has 5 nitrogen and oxygen atoms in total. The van der Waals surface area contributed by atoms with E-state index in [1.807, 2.05) is 39.8 Å². The number of carbonyl (C=O) groups is 1. The molecule has 0 saturated carbocycles. The molecule has 0 saturated heterocycles. The maximum Gasteiger partial charge on any atom is 0.264 e. The van der Waals surface area contributed by atoms with Crippen LogP contribution in [0.2, 0.25) is 0 Å². The van der Waals surface area contributed by atoms with E-state index in [2.05, 4.69) is 29.6 Å². The molecule has 174 valence electrons. The molecule has 0 spiro atoms. The topological polar surface area (TPSA) is 66.5 Å². The molecular weight excluding hydrogens is 452 g/mol. The van der Waals surface area contributed by atoms with Crippen LogP contribution in [0, 0.1) is 27.7 Å². The fourth-order valence-electron chi connectivity index (χ4n) is 3.32. The smallest absolute Gasteiger partial charge is 0.264 e. The molecule has 3 aromatic rings. The van der Waals surface area contributed by atoms with Crippen LogP contribution < -0.4 is 9.62 Å². The molecule has 3 aromatic carbocycles. The fourth-order valence-corrected chi connectivity index (χ4v) is 5.57. The van der Waals surface area contributed by atoms with Gasteiger partial charge in [-0.3, -0.25) is 9.10 Å². The molecule has 33 heavy (non-hydrogen) atoms. The first-order chi connectivity index (χ1) is 15.7. The van der Waals surface area contributed by atoms with Gasteiger partial charge in [0.2, 0.25) is 5.91 Å². The first-order valence-corrected chi connectivity index (χ1v) is 13.2. The van der Waals surface area contributed by atoms with Crippen molar-refractivity contribution in [2.24, 2.45) is 0 Å². The van der Waals surface area contributed by atoms with Gasteiger partial charge in [0.05, 0.1) is 10.6 Å². The van der Waals surface area contributed by atoms with Gasteiger partial charge in [0, 0.05) is 17.2 Å². The summed E-state index contributed by atoms with van der Waals surface area (Å²) in [4.78, 5) is 14.1. The van der Waals surface area contributed by atoms with Gasteiger partial charge in [0.15, 0.2) is 0 Å². The predicted molar refractivity (Wildman–Crippen MR) is 137 cm³/mol. The molecule has 0 aliphatic heterocycles. The van der Waals surface area contributed by atoms with Crippen LogP contribution in [0.5, 0.6) is 0 Å². The van der Waals surface area contributed by atoms with Gasteiger partial charge in [-0.05, 0) is 69.2 Å². The molecule has 3 rings (SSSR count). The van der Waals surface area contributed by atoms with Crippen molar-refractivity contribution in [2.45, 2.75) is 37.5 Å². The number of thioether (sulfide) groups is 1. The van der Waals surface area contributed by atoms with Crippen molar-refractivity contribution in [3.63, 3.8) is 0 Å². The van der Waals surface area contributed by atoms with Crippen LogP contribution in [-0.4, -0.2) is 33.2 Å². The Morgan fingerprint density at radius 3 is 2.12 bits per heavy atom. The first kappa shape index (κ1) is 24.9. The number of hydrogen-bond donors (Lipinski definition) is 1. The third-order valence-corrected chi connectivity index (χ3v) is 8.24. The normalized spacial score (nSPS) is 11.3. The highest BCUT2D eigenvalue weighted by Gasteiger charge is 2.28. The largest absolute Gasteiger partial charge is 0.354 e. The van der Waals surface area contributed by atoms with Crippen molar-refractivity contribution in [3.8, 4) is 0 Å². The quantitative estimate of drug-likeness (QED) is 0.343. The highest BCUT2D eigenvalue weighted by Crippen LogP contribution is 2.28. The van der Waals surface area contributed by atoms with Crippen molar-refractivity contribution in [1.82, 2.24) is 5.32 Å². The SMILES string of the molecule is Cc1ccc(SCCNC(=O)CN(c2cccc(C)c2C)S(=O)(=O)c2ccc(C)cc2)cc1. The van der Waals surface area contributed by atoms with Crippen molar-refractivity contribution < 1.29 is 13.2 Å². The number of rotatable bonds is 9. The number of aryl methyl sites for hydroxylation is 3. The number of benzene rings is 3. The second-order valence-electron chi connectivity index (χ2n) is 8.06. The fraction of sp³-hybridized carbons (Fsp3) is 0.269. The summed E-state index contributed by atoms with van der Waals surface area (Å²) in [7, 11) is -3.92. The highest BCUT2D eigenvalue weighted by atomic mass is 32.2. The van der Waals surface area contributed by atoms with Crippen molar-refractivity contribution in [1.29, 1.82) is 0 Å². The van der Waals surface area contributed by atoms with E-state index in [1.54, 1.807) is 42.1 Å². The lowest BCUT2D eigenvalue weighted by atomic mass is 10.1. The average Bonchev–Trinajstić information content (AvgIpc) is 2.78. The van der Waals surface area contributed by atoms with E-state index in [0.717, 1.165) is 21.6 Å². The number of carbonyl (C=O) groups excluding carboxylic acids is 1. The van der Waals surface area contributed by atoms with Crippen LogP contribution >= 0.6 is 11.8 Å². The van der Waals surface area contributed by atoms with Crippen molar-refractivity contribution >= 4 is 33.4 Å². The van der Waals surface area contributed by atoms with Crippen LogP contribution in [0.25, 0.3) is 0 Å². The van der Waals surface area contributed by atoms with Gasteiger partial charge in [-0.15, -0.1) is 11.8 Å². The van der Waals surface area contributed by atoms with E-state index < -0.39 is 10.0 Å². The van der Waals surface area contributed by atoms with Gasteiger partial charge in [-0.1, -0.05) is 47.5 Å². The summed E-state index contributed by atoms with van der Waals surface area (Å²) in [5.41, 5.74) is 4.48. The standard InChI is InChI=1S/C26H30N2O3S2/c1-19-8-12-23(13-9-19)32-17-16-27-26(29)18-28(25-7-5-6-21(3)22(25)4)33(30,31)24-14-10-20(2)11-15-24/h5-15H,16-18H2,1-4H3,(H,27,29). The van der Waals surface area contributed by atoms with Crippen LogP contribution in [0.1, 0.15) is 22.3 Å². The van der Waals surface area contributed by atoms with Crippen LogP contribution in [0.4, 0.5) is 5.69 Å². The van der Waals surface area contributed by atoms with E-state index in [-0.39, 0.29) is 17.3 Å². The molecule has 0 heterocycles. The Kier molecular flexibility index (Phi) is 8.21. The van der Waals surface area contributed by atoms with E-state index >= 15 is 0 Å². The number of anilines is 1. The zero-order valence-corrected chi connectivity index (χ0v) is 21.1. The molecule has 7 heteroatoms. The van der Waals surface area contributed by atoms with Crippen molar-refractivity contribution in [2.75, 3.05) is 23.1 Å². The number of sulfonamides is 1. The molecule has 0 aromatic heterocycles. The molecule has 0 fully saturated rings. The summed E-state index contributed by atoms with van der Waals surface area (Å²) in [6.45, 7) is 7.91. The molecule has 0 unspecified atom stereocenters. The minimum atomic E-state index is -3.92. The molecule has 0 bridgehead atoms. The molecule has 0 aliphatic rings. The molecule has 1 N–H and O–H groups in total. The van der Waals surface area contributed by atoms with E-state index in [0.29, 0.717) is 18.0 Å². The summed E-state index contributed by atoms with van der Waals surface area (Å²) in [5, 5.41) is 2.87. The highest BCUT2D eigenvalue weighted by molar-refractivity contribution is 7.99. The summed E-state index contributed by atoms with van der Waals surface area (Å²) >= 11 is 1.65. The minimum absolute atomic E-state index is 0.164. The Morgan fingerprint density at radius 1 is 0.879 bits per heavy atom. The molecular formula is C26H30N2O3S2. The van der Waals surface area contributed by atoms with Gasteiger partial charge in [0.25, 0.3) is 10.0 Å². The van der Waals surface area contributed by atoms with Gasteiger partial charge < -0.3 is 5.32 Å². The number of amides is 1. The van der Waals surface area contributed by atoms with Gasteiger partial charge in [-0.2, -0.15) is 0 Å². The van der Waals surface area contributed by atoms with E-state index in [9.17, 15) is 13.2 Å². The monoisotopic (exact) mass is 482 g/mol. The average molecular weight is 483 g/mol. The summed E-state index contributed by atoms with van der Waals surface area (Å²) in [5.74, 6) is 0.360. The second-order valence-corrected chi connectivity index (χ2v) is 11.1. The number of nitrogens with zero attached hydrogens (tertiary/aromatic N) is 1. The third-order valence-electron chi connectivity index (χ3n) is 5.45. The Hall–Kier alpha value is -2.77. The molecule has 0 radical (unpaired) electrons. The van der Waals surface area contributed by atoms with Crippen LogP contribution in [-0.2, 0) is 14.8 Å². The summed E-state index contributed by atoms with van der Waals surface area (Å²) in [6.07, 6.45) is 0. The summed E-state index contributed by atoms with van der Waals surface area (Å²) in [6, 6.07) is 20.4. The zero-order chi connectivity index (χ0) is 24.0. The lowest BCUT2D eigenvalue weighted by Gasteiger charge is -2.26. The maximum atomic E-state index is 13.5. The second kappa shape index (κ2) is 10.9. The summed E-state index contributed by atoms with van der Waals surface area (Å²) < 4.78 is 28.3. The number of nitrogens with one attached hydrogen (secondary N) is 1. The maximum absolute atomic E-state index is 13.5. The Balaban J connectivity index is 1.75. The molecule has 0 atom stereocenters. The molecule has 1 amide bonds. The van der Waals surface area contributed by atoms with Crippen molar-refractivity contribution in [3.05, 3.63) is 89.0 Å². The first-order valence-electron chi connectivity index (χ1n) is 10.8. The van der Waals surface area contributed by atoms with Gasteiger partial charge in [0.1, 0.15) is 6.54 Å². The molecule has 0 aliphatic carbocycles. The van der Waals surface area contributed by atoms with E-state index in [1.165, 1.54) is 9.87 Å². The lowest BCUT2D eigenvalue weighted by molar-refractivity contribution is -0.119. The van der Waals surface area contributed by atoms with E-state index in [4.69, 9.17) is 0 Å². The minimum Gasteiger partial charge on any atom is -0.354 e. The van der Waals surface area contributed by atoms with Gasteiger partial charge in [-0.25, -0.2) is 8.42 Å². The Morgan fingerprint density at radius 2 is 1.48 bits per heavy atom. The zero-order valence-electron chi connectivity index (χ0n) is 19.5.